The zero-order valence-corrected chi connectivity index (χ0v) is 9.88. The van der Waals surface area contributed by atoms with Crippen LogP contribution in [0.3, 0.4) is 0 Å². The fourth-order valence-corrected chi connectivity index (χ4v) is 1.48. The third-order valence-electron chi connectivity index (χ3n) is 2.21. The van der Waals surface area contributed by atoms with Gasteiger partial charge in [-0.05, 0) is 12.3 Å². The highest BCUT2D eigenvalue weighted by Crippen LogP contribution is 2.12. The second kappa shape index (κ2) is 5.42. The van der Waals surface area contributed by atoms with Crippen molar-refractivity contribution >= 4 is 11.9 Å². The van der Waals surface area contributed by atoms with E-state index in [1.165, 1.54) is 4.68 Å². The van der Waals surface area contributed by atoms with E-state index in [-0.39, 0.29) is 24.6 Å². The van der Waals surface area contributed by atoms with Gasteiger partial charge in [-0.25, -0.2) is 9.48 Å². The topological polar surface area (TPSA) is 111 Å². The van der Waals surface area contributed by atoms with Gasteiger partial charge in [0.15, 0.2) is 5.69 Å². The van der Waals surface area contributed by atoms with E-state index in [0.717, 1.165) is 0 Å². The highest BCUT2D eigenvalue weighted by atomic mass is 16.4. The van der Waals surface area contributed by atoms with Crippen LogP contribution in [0.25, 0.3) is 0 Å². The molecule has 17 heavy (non-hydrogen) atoms. The van der Waals surface area contributed by atoms with E-state index in [1.807, 2.05) is 13.8 Å². The maximum atomic E-state index is 10.9. The zero-order chi connectivity index (χ0) is 13.0. The molecule has 0 aromatic carbocycles. The Morgan fingerprint density at radius 3 is 2.59 bits per heavy atom. The number of primary amides is 1. The summed E-state index contributed by atoms with van der Waals surface area (Å²) >= 11 is 0. The number of amides is 1. The molecule has 0 radical (unpaired) electrons. The molecule has 0 fully saturated rings. The van der Waals surface area contributed by atoms with Crippen molar-refractivity contribution in [1.29, 1.82) is 0 Å². The fourth-order valence-electron chi connectivity index (χ4n) is 1.48. The van der Waals surface area contributed by atoms with Gasteiger partial charge in [-0.1, -0.05) is 19.1 Å². The van der Waals surface area contributed by atoms with Gasteiger partial charge in [-0.15, -0.1) is 5.10 Å². The second-order valence-corrected chi connectivity index (χ2v) is 4.23. The average Bonchev–Trinajstić information content (AvgIpc) is 2.57. The third-order valence-corrected chi connectivity index (χ3v) is 2.21. The second-order valence-electron chi connectivity index (χ2n) is 4.23. The quantitative estimate of drug-likeness (QED) is 0.729. The monoisotopic (exact) mass is 240 g/mol. The van der Waals surface area contributed by atoms with Gasteiger partial charge in [0.2, 0.25) is 5.91 Å². The number of carbonyl (C=O) groups excluding carboxylic acids is 1. The van der Waals surface area contributed by atoms with Crippen LogP contribution in [0.4, 0.5) is 0 Å². The van der Waals surface area contributed by atoms with Crippen molar-refractivity contribution in [3.63, 3.8) is 0 Å². The molecule has 0 spiro atoms. The third kappa shape index (κ3) is 3.54. The molecule has 3 N–H and O–H groups in total. The van der Waals surface area contributed by atoms with Gasteiger partial charge in [0, 0.05) is 6.42 Å². The molecule has 1 rings (SSSR count). The number of rotatable bonds is 6. The summed E-state index contributed by atoms with van der Waals surface area (Å²) in [5, 5.41) is 16.3. The van der Waals surface area contributed by atoms with Crippen LogP contribution in [0.1, 0.15) is 36.5 Å². The minimum absolute atomic E-state index is 0.0526. The summed E-state index contributed by atoms with van der Waals surface area (Å²) in [7, 11) is 0. The Morgan fingerprint density at radius 2 is 2.12 bits per heavy atom. The fraction of sp³-hybridized carbons (Fsp3) is 0.600. The normalized spacial score (nSPS) is 10.8. The minimum atomic E-state index is -1.11. The SMILES string of the molecule is CC(C)Cc1c(C(=O)O)nnn1CCC(N)=O. The Morgan fingerprint density at radius 1 is 1.47 bits per heavy atom. The van der Waals surface area contributed by atoms with E-state index in [0.29, 0.717) is 12.1 Å². The highest BCUT2D eigenvalue weighted by molar-refractivity contribution is 5.86. The van der Waals surface area contributed by atoms with E-state index >= 15 is 0 Å². The van der Waals surface area contributed by atoms with Crippen LogP contribution in [-0.4, -0.2) is 32.0 Å². The molecule has 0 aliphatic heterocycles. The standard InChI is InChI=1S/C10H16N4O3/c1-6(2)5-7-9(10(16)17)12-13-14(7)4-3-8(11)15/h6H,3-5H2,1-2H3,(H2,11,15)(H,16,17). The first kappa shape index (κ1) is 13.1. The van der Waals surface area contributed by atoms with Crippen LogP contribution in [0.2, 0.25) is 0 Å². The van der Waals surface area contributed by atoms with Crippen molar-refractivity contribution in [3.8, 4) is 0 Å². The molecule has 1 aromatic rings. The number of hydrogen-bond acceptors (Lipinski definition) is 4. The Bertz CT molecular complexity index is 425. The molecule has 1 aromatic heterocycles. The lowest BCUT2D eigenvalue weighted by Gasteiger charge is -2.08. The van der Waals surface area contributed by atoms with Crippen molar-refractivity contribution in [3.05, 3.63) is 11.4 Å². The molecule has 1 amide bonds. The molecule has 0 bridgehead atoms. The molecular formula is C10H16N4O3. The predicted octanol–water partition coefficient (Wildman–Crippen LogP) is 0.0502. The molecule has 0 saturated carbocycles. The molecular weight excluding hydrogens is 224 g/mol. The zero-order valence-electron chi connectivity index (χ0n) is 9.88. The summed E-state index contributed by atoms with van der Waals surface area (Å²) < 4.78 is 1.44. The van der Waals surface area contributed by atoms with Crippen LogP contribution >= 0.6 is 0 Å². The summed E-state index contributed by atoms with van der Waals surface area (Å²) in [6, 6.07) is 0. The van der Waals surface area contributed by atoms with E-state index < -0.39 is 11.9 Å². The number of aromatic carboxylic acids is 1. The Balaban J connectivity index is 2.95. The van der Waals surface area contributed by atoms with E-state index in [1.54, 1.807) is 0 Å². The number of carboxylic acid groups (broad SMARTS) is 1. The predicted molar refractivity (Wildman–Crippen MR) is 59.3 cm³/mol. The minimum Gasteiger partial charge on any atom is -0.476 e. The molecule has 94 valence electrons. The van der Waals surface area contributed by atoms with Crippen LogP contribution < -0.4 is 5.73 Å². The lowest BCUT2D eigenvalue weighted by Crippen LogP contribution is -2.17. The van der Waals surface area contributed by atoms with Crippen LogP contribution in [0.5, 0.6) is 0 Å². The molecule has 0 aliphatic rings. The lowest BCUT2D eigenvalue weighted by atomic mass is 10.1. The van der Waals surface area contributed by atoms with E-state index in [2.05, 4.69) is 10.3 Å². The first-order valence-corrected chi connectivity index (χ1v) is 5.35. The largest absolute Gasteiger partial charge is 0.476 e. The summed E-state index contributed by atoms with van der Waals surface area (Å²) in [4.78, 5) is 21.6. The summed E-state index contributed by atoms with van der Waals surface area (Å²) in [5.74, 6) is -1.28. The van der Waals surface area contributed by atoms with Gasteiger partial charge in [-0.2, -0.15) is 0 Å². The van der Waals surface area contributed by atoms with Crippen molar-refractivity contribution in [2.24, 2.45) is 11.7 Å². The maximum absolute atomic E-state index is 10.9. The smallest absolute Gasteiger partial charge is 0.358 e. The Labute approximate surface area is 98.6 Å². The highest BCUT2D eigenvalue weighted by Gasteiger charge is 2.19. The first-order valence-electron chi connectivity index (χ1n) is 5.35. The lowest BCUT2D eigenvalue weighted by molar-refractivity contribution is -0.118. The molecule has 0 unspecified atom stereocenters. The molecule has 7 nitrogen and oxygen atoms in total. The number of aromatic nitrogens is 3. The molecule has 1 heterocycles. The number of nitrogens with zero attached hydrogens (tertiary/aromatic N) is 3. The van der Waals surface area contributed by atoms with Crippen molar-refractivity contribution < 1.29 is 14.7 Å². The van der Waals surface area contributed by atoms with Gasteiger partial charge in [0.25, 0.3) is 0 Å². The van der Waals surface area contributed by atoms with E-state index in [9.17, 15) is 9.59 Å². The van der Waals surface area contributed by atoms with Gasteiger partial charge in [-0.3, -0.25) is 4.79 Å². The number of hydrogen-bond donors (Lipinski definition) is 2. The first-order chi connectivity index (χ1) is 7.91. The summed E-state index contributed by atoms with van der Waals surface area (Å²) in [6.07, 6.45) is 0.668. The van der Waals surface area contributed by atoms with Gasteiger partial charge >= 0.3 is 5.97 Å². The summed E-state index contributed by atoms with van der Waals surface area (Å²) in [6.45, 7) is 4.20. The van der Waals surface area contributed by atoms with Crippen molar-refractivity contribution in [2.75, 3.05) is 0 Å². The van der Waals surface area contributed by atoms with Crippen LogP contribution in [0, 0.1) is 5.92 Å². The maximum Gasteiger partial charge on any atom is 0.358 e. The molecule has 0 atom stereocenters. The average molecular weight is 240 g/mol. The molecule has 0 saturated heterocycles. The Hall–Kier alpha value is -1.92. The number of aryl methyl sites for hydroxylation is 1. The van der Waals surface area contributed by atoms with Crippen LogP contribution in [0.15, 0.2) is 0 Å². The molecule has 0 aliphatic carbocycles. The van der Waals surface area contributed by atoms with Crippen molar-refractivity contribution in [1.82, 2.24) is 15.0 Å². The number of nitrogens with two attached hydrogens (primary N) is 1. The van der Waals surface area contributed by atoms with E-state index in [4.69, 9.17) is 10.8 Å². The van der Waals surface area contributed by atoms with Gasteiger partial charge < -0.3 is 10.8 Å². The number of carboxylic acids is 1. The van der Waals surface area contributed by atoms with Gasteiger partial charge in [0.1, 0.15) is 0 Å². The Kier molecular flexibility index (Phi) is 4.19. The number of carbonyl (C=O) groups is 2. The molecule has 7 heteroatoms. The van der Waals surface area contributed by atoms with Crippen LogP contribution in [-0.2, 0) is 17.8 Å². The van der Waals surface area contributed by atoms with Gasteiger partial charge in [0.05, 0.1) is 12.2 Å². The summed E-state index contributed by atoms with van der Waals surface area (Å²) in [5.41, 5.74) is 5.52. The van der Waals surface area contributed by atoms with Crippen molar-refractivity contribution in [2.45, 2.75) is 33.2 Å².